The molecule has 1 aromatic heterocycles. The second-order valence-corrected chi connectivity index (χ2v) is 6.70. The van der Waals surface area contributed by atoms with Gasteiger partial charge in [-0.1, -0.05) is 30.3 Å². The summed E-state index contributed by atoms with van der Waals surface area (Å²) < 4.78 is 5.29. The predicted octanol–water partition coefficient (Wildman–Crippen LogP) is 3.89. The molecule has 6 nitrogen and oxygen atoms in total. The van der Waals surface area contributed by atoms with Crippen molar-refractivity contribution >= 4 is 17.5 Å². The van der Waals surface area contributed by atoms with Gasteiger partial charge in [0.25, 0.3) is 11.8 Å². The average molecular weight is 389 g/mol. The lowest BCUT2D eigenvalue weighted by Crippen LogP contribution is -2.24. The Hall–Kier alpha value is -3.67. The highest BCUT2D eigenvalue weighted by atomic mass is 16.5. The maximum absolute atomic E-state index is 12.6. The fraction of sp³-hybridized carbons (Fsp3) is 0.174. The monoisotopic (exact) mass is 389 g/mol. The van der Waals surface area contributed by atoms with Crippen molar-refractivity contribution in [3.63, 3.8) is 0 Å². The maximum Gasteiger partial charge on any atom is 0.274 e. The third-order valence-corrected chi connectivity index (χ3v) is 4.53. The minimum absolute atomic E-state index is 0.177. The quantitative estimate of drug-likeness (QED) is 0.670. The SMILES string of the molecule is COc1ccccc1CNC(=O)c1ccnc(C(=O)Nc2cc(C)ccc2C)c1. The number of carbonyl (C=O) groups is 2. The molecule has 0 spiro atoms. The van der Waals surface area contributed by atoms with Gasteiger partial charge in [-0.3, -0.25) is 14.6 Å². The van der Waals surface area contributed by atoms with E-state index >= 15 is 0 Å². The molecule has 0 fully saturated rings. The van der Waals surface area contributed by atoms with Gasteiger partial charge in [0.1, 0.15) is 11.4 Å². The second-order valence-electron chi connectivity index (χ2n) is 6.70. The molecular weight excluding hydrogens is 366 g/mol. The molecule has 0 saturated carbocycles. The molecule has 6 heteroatoms. The van der Waals surface area contributed by atoms with Crippen molar-refractivity contribution < 1.29 is 14.3 Å². The molecule has 0 radical (unpaired) electrons. The van der Waals surface area contributed by atoms with Crippen LogP contribution in [0.25, 0.3) is 0 Å². The number of aryl methyl sites for hydroxylation is 2. The number of pyridine rings is 1. The van der Waals surface area contributed by atoms with Crippen molar-refractivity contribution in [1.29, 1.82) is 0 Å². The first kappa shape index (κ1) is 20.1. The number of para-hydroxylation sites is 1. The van der Waals surface area contributed by atoms with Gasteiger partial charge in [0.2, 0.25) is 0 Å². The van der Waals surface area contributed by atoms with Gasteiger partial charge in [0, 0.05) is 29.6 Å². The van der Waals surface area contributed by atoms with Crippen LogP contribution in [0, 0.1) is 13.8 Å². The summed E-state index contributed by atoms with van der Waals surface area (Å²) in [6.07, 6.45) is 1.45. The summed E-state index contributed by atoms with van der Waals surface area (Å²) in [5.41, 5.74) is 4.13. The van der Waals surface area contributed by atoms with Crippen LogP contribution < -0.4 is 15.4 Å². The van der Waals surface area contributed by atoms with Gasteiger partial charge in [-0.05, 0) is 49.2 Å². The van der Waals surface area contributed by atoms with E-state index in [0.717, 1.165) is 22.4 Å². The van der Waals surface area contributed by atoms with Crippen molar-refractivity contribution in [2.45, 2.75) is 20.4 Å². The Labute approximate surface area is 169 Å². The van der Waals surface area contributed by atoms with E-state index in [0.29, 0.717) is 17.9 Å². The number of amides is 2. The zero-order valence-corrected chi connectivity index (χ0v) is 16.7. The van der Waals surface area contributed by atoms with Crippen LogP contribution in [0.5, 0.6) is 5.75 Å². The standard InChI is InChI=1S/C23H23N3O3/c1-15-8-9-16(2)19(12-15)26-23(28)20-13-17(10-11-24-20)22(27)25-14-18-6-4-5-7-21(18)29-3/h4-13H,14H2,1-3H3,(H,25,27)(H,26,28). The molecule has 2 amide bonds. The summed E-state index contributed by atoms with van der Waals surface area (Å²) in [6, 6.07) is 16.4. The Balaban J connectivity index is 1.70. The molecule has 0 saturated heterocycles. The molecule has 0 aliphatic carbocycles. The minimum atomic E-state index is -0.363. The highest BCUT2D eigenvalue weighted by Crippen LogP contribution is 2.18. The molecular formula is C23H23N3O3. The molecule has 29 heavy (non-hydrogen) atoms. The average Bonchev–Trinajstić information content (AvgIpc) is 2.74. The van der Waals surface area contributed by atoms with Crippen LogP contribution in [0.4, 0.5) is 5.69 Å². The lowest BCUT2D eigenvalue weighted by molar-refractivity contribution is 0.0950. The van der Waals surface area contributed by atoms with Crippen LogP contribution >= 0.6 is 0 Å². The molecule has 0 atom stereocenters. The van der Waals surface area contributed by atoms with Crippen LogP contribution in [0.3, 0.4) is 0 Å². The van der Waals surface area contributed by atoms with Gasteiger partial charge < -0.3 is 15.4 Å². The number of anilines is 1. The summed E-state index contributed by atoms with van der Waals surface area (Å²) in [4.78, 5) is 29.2. The normalized spacial score (nSPS) is 10.3. The third-order valence-electron chi connectivity index (χ3n) is 4.53. The van der Waals surface area contributed by atoms with Crippen LogP contribution in [-0.4, -0.2) is 23.9 Å². The summed E-state index contributed by atoms with van der Waals surface area (Å²) in [7, 11) is 1.59. The zero-order valence-electron chi connectivity index (χ0n) is 16.7. The van der Waals surface area contributed by atoms with Gasteiger partial charge >= 0.3 is 0 Å². The second kappa shape index (κ2) is 9.01. The number of aromatic nitrogens is 1. The van der Waals surface area contributed by atoms with E-state index in [9.17, 15) is 9.59 Å². The first-order chi connectivity index (χ1) is 14.0. The number of hydrogen-bond donors (Lipinski definition) is 2. The molecule has 1 heterocycles. The van der Waals surface area contributed by atoms with E-state index < -0.39 is 0 Å². The summed E-state index contributed by atoms with van der Waals surface area (Å²) >= 11 is 0. The molecule has 0 aliphatic rings. The number of hydrogen-bond acceptors (Lipinski definition) is 4. The van der Waals surface area contributed by atoms with Gasteiger partial charge in [-0.2, -0.15) is 0 Å². The molecule has 0 bridgehead atoms. The number of methoxy groups -OCH3 is 1. The van der Waals surface area contributed by atoms with Crippen molar-refractivity contribution in [2.75, 3.05) is 12.4 Å². The Bertz CT molecular complexity index is 1050. The Morgan fingerprint density at radius 3 is 2.59 bits per heavy atom. The molecule has 148 valence electrons. The number of nitrogens with one attached hydrogen (secondary N) is 2. The number of benzene rings is 2. The largest absolute Gasteiger partial charge is 0.496 e. The number of rotatable bonds is 6. The van der Waals surface area contributed by atoms with Gasteiger partial charge in [-0.25, -0.2) is 0 Å². The van der Waals surface area contributed by atoms with E-state index in [1.54, 1.807) is 13.2 Å². The lowest BCUT2D eigenvalue weighted by Gasteiger charge is -2.11. The molecule has 2 N–H and O–H groups in total. The van der Waals surface area contributed by atoms with E-state index in [-0.39, 0.29) is 17.5 Å². The van der Waals surface area contributed by atoms with Crippen molar-refractivity contribution in [3.05, 3.63) is 88.7 Å². The van der Waals surface area contributed by atoms with E-state index in [1.807, 2.05) is 56.3 Å². The zero-order chi connectivity index (χ0) is 20.8. The number of carbonyl (C=O) groups excluding carboxylic acids is 2. The van der Waals surface area contributed by atoms with Crippen LogP contribution in [-0.2, 0) is 6.54 Å². The van der Waals surface area contributed by atoms with E-state index in [2.05, 4.69) is 15.6 Å². The predicted molar refractivity (Wildman–Crippen MR) is 112 cm³/mol. The van der Waals surface area contributed by atoms with Crippen molar-refractivity contribution in [3.8, 4) is 5.75 Å². The first-order valence-electron chi connectivity index (χ1n) is 9.22. The van der Waals surface area contributed by atoms with Crippen molar-refractivity contribution in [2.24, 2.45) is 0 Å². The van der Waals surface area contributed by atoms with Gasteiger partial charge in [0.05, 0.1) is 7.11 Å². The third kappa shape index (κ3) is 4.99. The van der Waals surface area contributed by atoms with Gasteiger partial charge in [-0.15, -0.1) is 0 Å². The van der Waals surface area contributed by atoms with Gasteiger partial charge in [0.15, 0.2) is 0 Å². The number of nitrogens with zero attached hydrogens (tertiary/aromatic N) is 1. The van der Waals surface area contributed by atoms with E-state index in [4.69, 9.17) is 4.74 Å². The first-order valence-corrected chi connectivity index (χ1v) is 9.22. The van der Waals surface area contributed by atoms with E-state index in [1.165, 1.54) is 12.3 Å². The molecule has 3 aromatic rings. The van der Waals surface area contributed by atoms with Crippen LogP contribution in [0.2, 0.25) is 0 Å². The molecule has 2 aromatic carbocycles. The van der Waals surface area contributed by atoms with Crippen molar-refractivity contribution in [1.82, 2.24) is 10.3 Å². The van der Waals surface area contributed by atoms with Crippen LogP contribution in [0.15, 0.2) is 60.8 Å². The smallest absolute Gasteiger partial charge is 0.274 e. The Morgan fingerprint density at radius 2 is 1.79 bits per heavy atom. The summed E-state index contributed by atoms with van der Waals surface area (Å²) in [5, 5.41) is 5.70. The molecule has 0 aliphatic heterocycles. The Morgan fingerprint density at radius 1 is 1.00 bits per heavy atom. The number of ether oxygens (including phenoxy) is 1. The highest BCUT2D eigenvalue weighted by Gasteiger charge is 2.13. The minimum Gasteiger partial charge on any atom is -0.496 e. The Kier molecular flexibility index (Phi) is 6.24. The topological polar surface area (TPSA) is 80.3 Å². The molecule has 3 rings (SSSR count). The maximum atomic E-state index is 12.6. The highest BCUT2D eigenvalue weighted by molar-refractivity contribution is 6.05. The lowest BCUT2D eigenvalue weighted by atomic mass is 10.1. The fourth-order valence-corrected chi connectivity index (χ4v) is 2.88. The van der Waals surface area contributed by atoms with Crippen LogP contribution in [0.1, 0.15) is 37.5 Å². The molecule has 0 unspecified atom stereocenters. The summed E-state index contributed by atoms with van der Waals surface area (Å²) in [5.74, 6) is 0.0493. The summed E-state index contributed by atoms with van der Waals surface area (Å²) in [6.45, 7) is 4.19. The fourth-order valence-electron chi connectivity index (χ4n) is 2.88.